The van der Waals surface area contributed by atoms with Crippen molar-refractivity contribution >= 4 is 5.91 Å². The van der Waals surface area contributed by atoms with E-state index in [4.69, 9.17) is 4.74 Å². The molecule has 0 unspecified atom stereocenters. The van der Waals surface area contributed by atoms with Gasteiger partial charge in [-0.2, -0.15) is 0 Å². The van der Waals surface area contributed by atoms with Crippen molar-refractivity contribution in [2.75, 3.05) is 7.11 Å². The summed E-state index contributed by atoms with van der Waals surface area (Å²) in [6.07, 6.45) is 0. The van der Waals surface area contributed by atoms with Crippen LogP contribution in [0.3, 0.4) is 0 Å². The minimum Gasteiger partial charge on any atom is -0.369 e. The minimum atomic E-state index is -0.795. The van der Waals surface area contributed by atoms with E-state index in [1.165, 1.54) is 12.7 Å². The Kier molecular flexibility index (Phi) is 4.29. The number of nitrogens with one attached hydrogen (secondary N) is 1. The van der Waals surface area contributed by atoms with Crippen LogP contribution in [0.4, 0.5) is 0 Å². The van der Waals surface area contributed by atoms with Crippen LogP contribution < -0.4 is 5.32 Å². The second kappa shape index (κ2) is 5.32. The standard InChI is InChI=1S/C14H21NO2/c1-10-8-6-7-9-12(10)11(2)15-13(16)14(3,4)17-5/h6-9,11H,1-5H3,(H,15,16)/t11-/m1/s1. The highest BCUT2D eigenvalue weighted by molar-refractivity contribution is 5.84. The molecule has 3 nitrogen and oxygen atoms in total. The van der Waals surface area contributed by atoms with Crippen molar-refractivity contribution in [1.29, 1.82) is 0 Å². The zero-order valence-corrected chi connectivity index (χ0v) is 11.2. The predicted octanol–water partition coefficient (Wildman–Crippen LogP) is 2.60. The Morgan fingerprint density at radius 3 is 2.47 bits per heavy atom. The summed E-state index contributed by atoms with van der Waals surface area (Å²) in [6, 6.07) is 8.02. The molecule has 0 aliphatic heterocycles. The summed E-state index contributed by atoms with van der Waals surface area (Å²) in [5.74, 6) is -0.101. The predicted molar refractivity (Wildman–Crippen MR) is 68.8 cm³/mol. The molecule has 1 aromatic carbocycles. The molecule has 0 aromatic heterocycles. The van der Waals surface area contributed by atoms with Crippen molar-refractivity contribution < 1.29 is 9.53 Å². The Balaban J connectivity index is 2.77. The maximum absolute atomic E-state index is 12.0. The molecule has 1 atom stereocenters. The van der Waals surface area contributed by atoms with Crippen LogP contribution in [0, 0.1) is 6.92 Å². The lowest BCUT2D eigenvalue weighted by Crippen LogP contribution is -2.44. The van der Waals surface area contributed by atoms with Gasteiger partial charge in [-0.15, -0.1) is 0 Å². The number of methoxy groups -OCH3 is 1. The van der Waals surface area contributed by atoms with Crippen LogP contribution in [0.2, 0.25) is 0 Å². The number of benzene rings is 1. The molecule has 0 saturated heterocycles. The lowest BCUT2D eigenvalue weighted by molar-refractivity contribution is -0.140. The van der Waals surface area contributed by atoms with E-state index in [2.05, 4.69) is 5.32 Å². The molecule has 1 N–H and O–H groups in total. The van der Waals surface area contributed by atoms with Crippen LogP contribution >= 0.6 is 0 Å². The third kappa shape index (κ3) is 3.30. The topological polar surface area (TPSA) is 38.3 Å². The fraction of sp³-hybridized carbons (Fsp3) is 0.500. The van der Waals surface area contributed by atoms with E-state index in [0.29, 0.717) is 0 Å². The van der Waals surface area contributed by atoms with Gasteiger partial charge in [0.25, 0.3) is 5.91 Å². The number of hydrogen-bond acceptors (Lipinski definition) is 2. The third-order valence-corrected chi connectivity index (χ3v) is 3.06. The number of rotatable bonds is 4. The summed E-state index contributed by atoms with van der Waals surface area (Å²) in [5, 5.41) is 2.96. The monoisotopic (exact) mass is 235 g/mol. The molecule has 17 heavy (non-hydrogen) atoms. The summed E-state index contributed by atoms with van der Waals surface area (Å²) < 4.78 is 5.15. The third-order valence-electron chi connectivity index (χ3n) is 3.06. The van der Waals surface area contributed by atoms with Gasteiger partial charge in [-0.1, -0.05) is 24.3 Å². The first-order chi connectivity index (χ1) is 7.88. The largest absolute Gasteiger partial charge is 0.369 e. The van der Waals surface area contributed by atoms with Crippen LogP contribution in [0.5, 0.6) is 0 Å². The normalized spacial score (nSPS) is 13.2. The van der Waals surface area contributed by atoms with Gasteiger partial charge in [0, 0.05) is 7.11 Å². The average Bonchev–Trinajstić information content (AvgIpc) is 2.29. The molecule has 0 saturated carbocycles. The van der Waals surface area contributed by atoms with E-state index in [-0.39, 0.29) is 11.9 Å². The van der Waals surface area contributed by atoms with Crippen LogP contribution in [-0.2, 0) is 9.53 Å². The van der Waals surface area contributed by atoms with Crippen molar-refractivity contribution in [3.63, 3.8) is 0 Å². The molecule has 0 bridgehead atoms. The molecule has 1 aromatic rings. The summed E-state index contributed by atoms with van der Waals surface area (Å²) >= 11 is 0. The first kappa shape index (κ1) is 13.7. The molecule has 0 spiro atoms. The first-order valence-corrected chi connectivity index (χ1v) is 5.80. The first-order valence-electron chi connectivity index (χ1n) is 5.80. The summed E-state index contributed by atoms with van der Waals surface area (Å²) in [7, 11) is 1.54. The molecule has 0 fully saturated rings. The second-order valence-corrected chi connectivity index (χ2v) is 4.77. The maximum Gasteiger partial charge on any atom is 0.252 e. The lowest BCUT2D eigenvalue weighted by Gasteiger charge is -2.25. The van der Waals surface area contributed by atoms with Crippen molar-refractivity contribution in [2.24, 2.45) is 0 Å². The SMILES string of the molecule is COC(C)(C)C(=O)N[C@H](C)c1ccccc1C. The molecular weight excluding hydrogens is 214 g/mol. The molecule has 0 heterocycles. The van der Waals surface area contributed by atoms with Crippen molar-refractivity contribution in [3.05, 3.63) is 35.4 Å². The van der Waals surface area contributed by atoms with E-state index in [1.54, 1.807) is 13.8 Å². The average molecular weight is 235 g/mol. The molecule has 1 rings (SSSR count). The number of carbonyl (C=O) groups excluding carboxylic acids is 1. The fourth-order valence-electron chi connectivity index (χ4n) is 1.61. The quantitative estimate of drug-likeness (QED) is 0.871. The summed E-state index contributed by atoms with van der Waals surface area (Å²) in [4.78, 5) is 12.0. The Bertz CT molecular complexity index is 399. The van der Waals surface area contributed by atoms with Crippen molar-refractivity contribution in [1.82, 2.24) is 5.32 Å². The molecule has 1 amide bonds. The van der Waals surface area contributed by atoms with Crippen molar-refractivity contribution in [2.45, 2.75) is 39.3 Å². The highest BCUT2D eigenvalue weighted by atomic mass is 16.5. The van der Waals surface area contributed by atoms with Crippen LogP contribution in [0.15, 0.2) is 24.3 Å². The van der Waals surface area contributed by atoms with Gasteiger partial charge in [-0.05, 0) is 38.8 Å². The Morgan fingerprint density at radius 1 is 1.35 bits per heavy atom. The molecule has 94 valence electrons. The molecule has 0 radical (unpaired) electrons. The van der Waals surface area contributed by atoms with E-state index in [9.17, 15) is 4.79 Å². The van der Waals surface area contributed by atoms with Crippen molar-refractivity contribution in [3.8, 4) is 0 Å². The van der Waals surface area contributed by atoms with Gasteiger partial charge in [-0.3, -0.25) is 4.79 Å². The number of amides is 1. The number of ether oxygens (including phenoxy) is 1. The zero-order chi connectivity index (χ0) is 13.1. The highest BCUT2D eigenvalue weighted by Crippen LogP contribution is 2.18. The van der Waals surface area contributed by atoms with Gasteiger partial charge in [0.1, 0.15) is 5.60 Å². The summed E-state index contributed by atoms with van der Waals surface area (Å²) in [6.45, 7) is 7.53. The van der Waals surface area contributed by atoms with Gasteiger partial charge in [0.05, 0.1) is 6.04 Å². The number of carbonyl (C=O) groups is 1. The fourth-order valence-corrected chi connectivity index (χ4v) is 1.61. The minimum absolute atomic E-state index is 0.0156. The van der Waals surface area contributed by atoms with E-state index in [1.807, 2.05) is 38.1 Å². The van der Waals surface area contributed by atoms with E-state index < -0.39 is 5.60 Å². The Hall–Kier alpha value is -1.35. The highest BCUT2D eigenvalue weighted by Gasteiger charge is 2.28. The van der Waals surface area contributed by atoms with Crippen LogP contribution in [0.25, 0.3) is 0 Å². The molecule has 3 heteroatoms. The second-order valence-electron chi connectivity index (χ2n) is 4.77. The van der Waals surface area contributed by atoms with Crippen LogP contribution in [0.1, 0.15) is 37.9 Å². The molecule has 0 aliphatic rings. The molecular formula is C14H21NO2. The lowest BCUT2D eigenvalue weighted by atomic mass is 10.0. The zero-order valence-electron chi connectivity index (χ0n) is 11.2. The molecule has 0 aliphatic carbocycles. The van der Waals surface area contributed by atoms with Gasteiger partial charge in [0.15, 0.2) is 0 Å². The van der Waals surface area contributed by atoms with Crippen LogP contribution in [-0.4, -0.2) is 18.6 Å². The number of aryl methyl sites for hydroxylation is 1. The van der Waals surface area contributed by atoms with Gasteiger partial charge >= 0.3 is 0 Å². The Morgan fingerprint density at radius 2 is 1.94 bits per heavy atom. The van der Waals surface area contributed by atoms with E-state index in [0.717, 1.165) is 5.56 Å². The van der Waals surface area contributed by atoms with E-state index >= 15 is 0 Å². The number of hydrogen-bond donors (Lipinski definition) is 1. The smallest absolute Gasteiger partial charge is 0.252 e. The Labute approximate surface area is 103 Å². The summed E-state index contributed by atoms with van der Waals surface area (Å²) in [5.41, 5.74) is 1.51. The van der Waals surface area contributed by atoms with Gasteiger partial charge in [-0.25, -0.2) is 0 Å². The van der Waals surface area contributed by atoms with Gasteiger partial charge < -0.3 is 10.1 Å². The van der Waals surface area contributed by atoms with Gasteiger partial charge in [0.2, 0.25) is 0 Å². The maximum atomic E-state index is 12.0.